The van der Waals surface area contributed by atoms with E-state index in [2.05, 4.69) is 5.32 Å². The zero-order chi connectivity index (χ0) is 23.7. The van der Waals surface area contributed by atoms with Crippen LogP contribution in [0.1, 0.15) is 52.9 Å². The van der Waals surface area contributed by atoms with Crippen LogP contribution in [-0.4, -0.2) is 72.2 Å². The van der Waals surface area contributed by atoms with Crippen molar-refractivity contribution in [1.82, 2.24) is 10.2 Å². The molecule has 1 aliphatic carbocycles. The number of rotatable bonds is 12. The van der Waals surface area contributed by atoms with Crippen molar-refractivity contribution in [3.8, 4) is 0 Å². The molecular weight excluding hydrogens is 412 g/mol. The number of quaternary nitrogens is 1. The van der Waals surface area contributed by atoms with Gasteiger partial charge in [0.25, 0.3) is 5.91 Å². The Morgan fingerprint density at radius 3 is 2.75 bits per heavy atom. The molecule has 5 N–H and O–H groups in total. The van der Waals surface area contributed by atoms with E-state index in [0.717, 1.165) is 25.7 Å². The largest absolute Gasteiger partial charge is 0.491 e. The van der Waals surface area contributed by atoms with Gasteiger partial charge in [-0.25, -0.2) is 0 Å². The Balaban J connectivity index is 2.00. The molecular formula is C23H39N4O5+. The Morgan fingerprint density at radius 1 is 1.44 bits per heavy atom. The number of nitrogens with one attached hydrogen (secondary N) is 2. The highest BCUT2D eigenvalue weighted by molar-refractivity contribution is 6.05. The first-order valence-electron chi connectivity index (χ1n) is 11.4. The van der Waals surface area contributed by atoms with Crippen LogP contribution in [0.25, 0.3) is 0 Å². The Labute approximate surface area is 190 Å². The fraction of sp³-hybridized carbons (Fsp3) is 0.696. The summed E-state index contributed by atoms with van der Waals surface area (Å²) in [5, 5.41) is 22.2. The van der Waals surface area contributed by atoms with Crippen molar-refractivity contribution in [1.29, 1.82) is 5.41 Å². The average Bonchev–Trinajstić information content (AvgIpc) is 3.32. The fourth-order valence-corrected chi connectivity index (χ4v) is 4.09. The third-order valence-electron chi connectivity index (χ3n) is 5.63. The number of hydrogen-bond acceptors (Lipinski definition) is 6. The summed E-state index contributed by atoms with van der Waals surface area (Å²) >= 11 is 0. The summed E-state index contributed by atoms with van der Waals surface area (Å²) in [7, 11) is 1.59. The van der Waals surface area contributed by atoms with Crippen LogP contribution in [0.2, 0.25) is 0 Å². The number of carbonyl (C=O) groups is 2. The van der Waals surface area contributed by atoms with E-state index in [1.807, 2.05) is 6.92 Å². The summed E-state index contributed by atoms with van der Waals surface area (Å²) in [5.74, 6) is 0.259. The van der Waals surface area contributed by atoms with Crippen LogP contribution in [-0.2, 0) is 19.1 Å². The summed E-state index contributed by atoms with van der Waals surface area (Å²) in [6, 6.07) is -0.658. The third-order valence-corrected chi connectivity index (χ3v) is 5.63. The van der Waals surface area contributed by atoms with Gasteiger partial charge >= 0.3 is 0 Å². The molecule has 0 aromatic carbocycles. The van der Waals surface area contributed by atoms with Gasteiger partial charge in [-0.15, -0.1) is 0 Å². The molecule has 2 amide bonds. The molecule has 0 aromatic heterocycles. The van der Waals surface area contributed by atoms with Gasteiger partial charge in [-0.05, 0) is 33.1 Å². The lowest BCUT2D eigenvalue weighted by Crippen LogP contribution is -2.82. The number of hydrogen-bond donors (Lipinski definition) is 4. The molecule has 0 radical (unpaired) electrons. The highest BCUT2D eigenvalue weighted by Gasteiger charge is 2.36. The van der Waals surface area contributed by atoms with Crippen molar-refractivity contribution in [2.75, 3.05) is 26.8 Å². The quantitative estimate of drug-likeness (QED) is 0.256. The standard InChI is InChI=1S/C23H38N4O5/c1-16(14-31-4)32-18-12-21(28)27(13-18)19(11-17-7-5-6-8-17)22(29)26-20(24)9-10-25-15-23(2,3)30/h9-10,12,16-17,19,25,30H,5-8,11,13-15H2,1-4H3,(H2,24,26,29)/p+1. The molecule has 2 unspecified atom stereocenters. The van der Waals surface area contributed by atoms with E-state index in [0.29, 0.717) is 31.2 Å². The number of methoxy groups -OCH3 is 1. The highest BCUT2D eigenvalue weighted by atomic mass is 16.5. The summed E-state index contributed by atoms with van der Waals surface area (Å²) < 4.78 is 10.9. The Hall–Kier alpha value is -2.23. The molecule has 9 heteroatoms. The Morgan fingerprint density at radius 2 is 2.12 bits per heavy atom. The lowest BCUT2D eigenvalue weighted by Gasteiger charge is -2.29. The molecule has 1 fully saturated rings. The second-order valence-corrected chi connectivity index (χ2v) is 9.38. The fourth-order valence-electron chi connectivity index (χ4n) is 4.09. The number of amides is 2. The van der Waals surface area contributed by atoms with E-state index in [-0.39, 0.29) is 30.3 Å². The zero-order valence-corrected chi connectivity index (χ0v) is 19.7. The van der Waals surface area contributed by atoms with Crippen LogP contribution in [0.3, 0.4) is 0 Å². The zero-order valence-electron chi connectivity index (χ0n) is 19.7. The van der Waals surface area contributed by atoms with Gasteiger partial charge in [-0.2, -0.15) is 0 Å². The molecule has 32 heavy (non-hydrogen) atoms. The normalized spacial score (nSPS) is 19.3. The van der Waals surface area contributed by atoms with E-state index in [1.54, 1.807) is 37.4 Å². The maximum Gasteiger partial charge on any atom is 0.251 e. The van der Waals surface area contributed by atoms with Crippen molar-refractivity contribution in [2.24, 2.45) is 5.92 Å². The number of nitrogens with two attached hydrogens (primary N) is 1. The number of ether oxygens (including phenoxy) is 2. The number of amidine groups is 1. The number of nitrogens with zero attached hydrogens (tertiary/aromatic N) is 1. The number of carbonyl (C=O) groups excluding carboxylic acids is 2. The molecule has 180 valence electrons. The monoisotopic (exact) mass is 451 g/mol. The first-order chi connectivity index (χ1) is 15.1. The second-order valence-electron chi connectivity index (χ2n) is 9.38. The first kappa shape index (κ1) is 26.0. The molecule has 2 rings (SSSR count). The molecule has 0 bridgehead atoms. The predicted octanol–water partition coefficient (Wildman–Crippen LogP) is 0.654. The van der Waals surface area contributed by atoms with Gasteiger partial charge in [0.2, 0.25) is 5.91 Å². The predicted molar refractivity (Wildman–Crippen MR) is 121 cm³/mol. The Kier molecular flexibility index (Phi) is 9.86. The molecule has 2 atom stereocenters. The van der Waals surface area contributed by atoms with Crippen molar-refractivity contribution in [3.63, 3.8) is 0 Å². The van der Waals surface area contributed by atoms with E-state index in [4.69, 9.17) is 14.9 Å². The highest BCUT2D eigenvalue weighted by Crippen LogP contribution is 2.31. The smallest absolute Gasteiger partial charge is 0.251 e. The SMILES string of the molecule is COCC(C)OC1=CC(=O)N(C(CC2CCCC2)C(=O)NC(=N)C=C[NH2+]CC(C)(C)O)C1. The van der Waals surface area contributed by atoms with Crippen LogP contribution < -0.4 is 10.6 Å². The maximum absolute atomic E-state index is 13.1. The lowest BCUT2D eigenvalue weighted by molar-refractivity contribution is -0.601. The molecule has 0 saturated heterocycles. The minimum atomic E-state index is -0.828. The molecule has 9 nitrogen and oxygen atoms in total. The van der Waals surface area contributed by atoms with E-state index in [1.165, 1.54) is 12.2 Å². The summed E-state index contributed by atoms with van der Waals surface area (Å²) in [5.41, 5.74) is -0.828. The molecule has 1 saturated carbocycles. The number of aliphatic hydroxyl groups is 1. The first-order valence-corrected chi connectivity index (χ1v) is 11.4. The van der Waals surface area contributed by atoms with Crippen LogP contribution in [0.4, 0.5) is 0 Å². The maximum atomic E-state index is 13.1. The molecule has 1 heterocycles. The van der Waals surface area contributed by atoms with Crippen molar-refractivity contribution >= 4 is 17.6 Å². The summed E-state index contributed by atoms with van der Waals surface area (Å²) in [6.07, 6.45) is 9.33. The lowest BCUT2D eigenvalue weighted by atomic mass is 9.96. The Bertz CT molecular complexity index is 722. The second kappa shape index (κ2) is 12.1. The van der Waals surface area contributed by atoms with Gasteiger partial charge in [0.05, 0.1) is 19.4 Å². The molecule has 0 spiro atoms. The van der Waals surface area contributed by atoms with Gasteiger partial charge in [0.1, 0.15) is 35.9 Å². The van der Waals surface area contributed by atoms with E-state index < -0.39 is 11.6 Å². The summed E-state index contributed by atoms with van der Waals surface area (Å²) in [6.45, 7) is 6.35. The van der Waals surface area contributed by atoms with Crippen LogP contribution in [0.5, 0.6) is 0 Å². The van der Waals surface area contributed by atoms with Crippen LogP contribution >= 0.6 is 0 Å². The topological polar surface area (TPSA) is 129 Å². The molecule has 2 aliphatic rings. The van der Waals surface area contributed by atoms with Crippen molar-refractivity contribution < 1.29 is 29.5 Å². The van der Waals surface area contributed by atoms with Crippen molar-refractivity contribution in [3.05, 3.63) is 24.1 Å². The minimum absolute atomic E-state index is 0.0526. The molecule has 1 aliphatic heterocycles. The van der Waals surface area contributed by atoms with Crippen LogP contribution in [0, 0.1) is 11.3 Å². The average molecular weight is 452 g/mol. The van der Waals surface area contributed by atoms with Crippen LogP contribution in [0.15, 0.2) is 24.1 Å². The van der Waals surface area contributed by atoms with Crippen molar-refractivity contribution in [2.45, 2.75) is 70.6 Å². The van der Waals surface area contributed by atoms with Gasteiger partial charge in [-0.1, -0.05) is 25.7 Å². The summed E-state index contributed by atoms with van der Waals surface area (Å²) in [4.78, 5) is 27.3. The van der Waals surface area contributed by atoms with E-state index in [9.17, 15) is 14.7 Å². The van der Waals surface area contributed by atoms with Gasteiger partial charge in [-0.3, -0.25) is 15.0 Å². The third kappa shape index (κ3) is 8.72. The van der Waals surface area contributed by atoms with E-state index >= 15 is 0 Å². The van der Waals surface area contributed by atoms with Gasteiger partial charge < -0.3 is 30.1 Å². The van der Waals surface area contributed by atoms with Gasteiger partial charge in [0, 0.05) is 19.3 Å². The molecule has 0 aromatic rings. The van der Waals surface area contributed by atoms with Gasteiger partial charge in [0.15, 0.2) is 0 Å². The minimum Gasteiger partial charge on any atom is -0.491 e.